The zero-order valence-corrected chi connectivity index (χ0v) is 11.1. The van der Waals surface area contributed by atoms with Gasteiger partial charge in [0.2, 0.25) is 0 Å². The molecule has 96 valence electrons. The van der Waals surface area contributed by atoms with Gasteiger partial charge in [0.15, 0.2) is 0 Å². The van der Waals surface area contributed by atoms with Gasteiger partial charge in [-0.3, -0.25) is 8.98 Å². The zero-order chi connectivity index (χ0) is 13.0. The van der Waals surface area contributed by atoms with Gasteiger partial charge < -0.3 is 5.11 Å². The first-order valence-electron chi connectivity index (χ1n) is 4.85. The first kappa shape index (κ1) is 15.7. The number of carboxylic acids is 1. The monoisotopic (exact) mass is 272 g/mol. The highest BCUT2D eigenvalue weighted by Crippen LogP contribution is 2.26. The minimum absolute atomic E-state index is 0.0504. The molecule has 0 aliphatic heterocycles. The molecule has 7 heteroatoms. The summed E-state index contributed by atoms with van der Waals surface area (Å²) in [6.45, 7) is 5.15. The second kappa shape index (κ2) is 5.84. The van der Waals surface area contributed by atoms with E-state index >= 15 is 0 Å². The molecule has 0 radical (unpaired) electrons. The van der Waals surface area contributed by atoms with Gasteiger partial charge in [-0.05, 0) is 18.3 Å². The van der Waals surface area contributed by atoms with Gasteiger partial charge in [0, 0.05) is 10.7 Å². The van der Waals surface area contributed by atoms with Crippen molar-refractivity contribution in [2.24, 2.45) is 11.3 Å². The van der Waals surface area contributed by atoms with Crippen LogP contribution in [0.3, 0.4) is 0 Å². The predicted octanol–water partition coefficient (Wildman–Crippen LogP) is 2.01. The van der Waals surface area contributed by atoms with Gasteiger partial charge in [0.25, 0.3) is 0 Å². The van der Waals surface area contributed by atoms with Crippen molar-refractivity contribution >= 4 is 26.0 Å². The third-order valence-corrected chi connectivity index (χ3v) is 2.93. The van der Waals surface area contributed by atoms with Gasteiger partial charge in [-0.15, -0.1) is 0 Å². The largest absolute Gasteiger partial charge is 0.481 e. The summed E-state index contributed by atoms with van der Waals surface area (Å²) < 4.78 is 25.6. The maximum absolute atomic E-state index is 10.6. The highest BCUT2D eigenvalue weighted by atomic mass is 35.7. The van der Waals surface area contributed by atoms with E-state index in [9.17, 15) is 13.2 Å². The van der Waals surface area contributed by atoms with Gasteiger partial charge in [-0.1, -0.05) is 20.8 Å². The van der Waals surface area contributed by atoms with Crippen molar-refractivity contribution in [3.8, 4) is 0 Å². The summed E-state index contributed by atoms with van der Waals surface area (Å²) in [5.41, 5.74) is -0.425. The molecule has 0 heterocycles. The van der Waals surface area contributed by atoms with Gasteiger partial charge in [0.05, 0.1) is 12.5 Å². The second-order valence-electron chi connectivity index (χ2n) is 4.60. The normalized spacial score (nSPS) is 14.8. The maximum Gasteiger partial charge on any atom is 0.355 e. The summed E-state index contributed by atoms with van der Waals surface area (Å²) in [6.07, 6.45) is 1.01. The SMILES string of the molecule is CC(CCC(C)(C)COS(=O)(=O)Cl)C(=O)O. The Morgan fingerprint density at radius 2 is 2.00 bits per heavy atom. The quantitative estimate of drug-likeness (QED) is 0.717. The molecular weight excluding hydrogens is 256 g/mol. The van der Waals surface area contributed by atoms with E-state index in [0.29, 0.717) is 12.8 Å². The van der Waals surface area contributed by atoms with Crippen molar-refractivity contribution in [3.05, 3.63) is 0 Å². The zero-order valence-electron chi connectivity index (χ0n) is 9.57. The second-order valence-corrected chi connectivity index (χ2v) is 6.75. The molecule has 16 heavy (non-hydrogen) atoms. The highest BCUT2D eigenvalue weighted by Gasteiger charge is 2.23. The summed E-state index contributed by atoms with van der Waals surface area (Å²) in [7, 11) is 0.952. The molecule has 5 nitrogen and oxygen atoms in total. The van der Waals surface area contributed by atoms with E-state index in [4.69, 9.17) is 15.8 Å². The Kier molecular flexibility index (Phi) is 5.72. The fourth-order valence-corrected chi connectivity index (χ4v) is 1.63. The van der Waals surface area contributed by atoms with Crippen LogP contribution in [0.4, 0.5) is 0 Å². The summed E-state index contributed by atoms with van der Waals surface area (Å²) >= 11 is 0. The Morgan fingerprint density at radius 1 is 1.50 bits per heavy atom. The van der Waals surface area contributed by atoms with Crippen molar-refractivity contribution in [2.45, 2.75) is 33.6 Å². The first-order chi connectivity index (χ1) is 7.03. The van der Waals surface area contributed by atoms with Crippen LogP contribution in [-0.4, -0.2) is 26.1 Å². The van der Waals surface area contributed by atoms with Gasteiger partial charge in [-0.2, -0.15) is 8.42 Å². The molecule has 0 saturated heterocycles. The summed E-state index contributed by atoms with van der Waals surface area (Å²) in [5, 5.41) is 8.69. The van der Waals surface area contributed by atoms with E-state index < -0.39 is 26.6 Å². The van der Waals surface area contributed by atoms with Crippen molar-refractivity contribution in [1.29, 1.82) is 0 Å². The molecule has 1 unspecified atom stereocenters. The number of carboxylic acid groups (broad SMARTS) is 1. The molecule has 0 aromatic carbocycles. The molecule has 0 rings (SSSR count). The van der Waals surface area contributed by atoms with E-state index in [1.807, 2.05) is 0 Å². The number of aliphatic carboxylic acids is 1. The third kappa shape index (κ3) is 7.90. The van der Waals surface area contributed by atoms with E-state index in [2.05, 4.69) is 4.18 Å². The van der Waals surface area contributed by atoms with E-state index in [1.165, 1.54) is 0 Å². The summed E-state index contributed by atoms with van der Waals surface area (Å²) in [5.74, 6) is -1.31. The molecular formula is C9H17ClO5S. The van der Waals surface area contributed by atoms with Crippen LogP contribution in [0.2, 0.25) is 0 Å². The van der Waals surface area contributed by atoms with Crippen LogP contribution < -0.4 is 0 Å². The van der Waals surface area contributed by atoms with Crippen molar-refractivity contribution in [1.82, 2.24) is 0 Å². The number of hydrogen-bond donors (Lipinski definition) is 1. The lowest BCUT2D eigenvalue weighted by Gasteiger charge is -2.24. The average molecular weight is 273 g/mol. The number of rotatable bonds is 7. The van der Waals surface area contributed by atoms with Crippen LogP contribution in [-0.2, 0) is 18.3 Å². The van der Waals surface area contributed by atoms with Crippen molar-refractivity contribution in [3.63, 3.8) is 0 Å². The molecule has 0 spiro atoms. The number of carbonyl (C=O) groups is 1. The van der Waals surface area contributed by atoms with Crippen LogP contribution in [0, 0.1) is 11.3 Å². The number of halogens is 1. The first-order valence-corrected chi connectivity index (χ1v) is 7.09. The van der Waals surface area contributed by atoms with Gasteiger partial charge in [-0.25, -0.2) is 0 Å². The number of hydrogen-bond acceptors (Lipinski definition) is 4. The Morgan fingerprint density at radius 3 is 2.38 bits per heavy atom. The third-order valence-electron chi connectivity index (χ3n) is 2.27. The van der Waals surface area contributed by atoms with E-state index in [-0.39, 0.29) is 6.61 Å². The minimum atomic E-state index is -3.96. The predicted molar refractivity (Wildman–Crippen MR) is 60.5 cm³/mol. The molecule has 0 aliphatic carbocycles. The molecule has 0 fully saturated rings. The van der Waals surface area contributed by atoms with Crippen LogP contribution in [0.5, 0.6) is 0 Å². The van der Waals surface area contributed by atoms with Crippen LogP contribution in [0.15, 0.2) is 0 Å². The lowest BCUT2D eigenvalue weighted by molar-refractivity contribution is -0.141. The van der Waals surface area contributed by atoms with Gasteiger partial charge >= 0.3 is 15.3 Å². The van der Waals surface area contributed by atoms with Crippen LogP contribution in [0.1, 0.15) is 33.6 Å². The standard InChI is InChI=1S/C9H17ClO5S/c1-7(8(11)12)4-5-9(2,3)6-15-16(10,13)14/h7H,4-6H2,1-3H3,(H,11,12). The lowest BCUT2D eigenvalue weighted by atomic mass is 9.86. The summed E-state index contributed by atoms with van der Waals surface area (Å²) in [6, 6.07) is 0. The molecule has 1 N–H and O–H groups in total. The minimum Gasteiger partial charge on any atom is -0.481 e. The highest BCUT2D eigenvalue weighted by molar-refractivity contribution is 8.09. The Hall–Kier alpha value is -0.330. The molecule has 0 aromatic heterocycles. The van der Waals surface area contributed by atoms with E-state index in [0.717, 1.165) is 0 Å². The Bertz CT molecular complexity index is 336. The molecule has 0 bridgehead atoms. The fraction of sp³-hybridized carbons (Fsp3) is 0.889. The smallest absolute Gasteiger partial charge is 0.355 e. The topological polar surface area (TPSA) is 80.7 Å². The lowest BCUT2D eigenvalue weighted by Crippen LogP contribution is -2.22. The molecule has 1 atom stereocenters. The molecule has 0 saturated carbocycles. The summed E-state index contributed by atoms with van der Waals surface area (Å²) in [4.78, 5) is 10.6. The van der Waals surface area contributed by atoms with E-state index in [1.54, 1.807) is 20.8 Å². The maximum atomic E-state index is 10.6. The van der Waals surface area contributed by atoms with Crippen molar-refractivity contribution in [2.75, 3.05) is 6.61 Å². The fourth-order valence-electron chi connectivity index (χ4n) is 1.03. The Labute approximate surface area is 100 Å². The molecule has 0 aliphatic rings. The van der Waals surface area contributed by atoms with Crippen LogP contribution in [0.25, 0.3) is 0 Å². The Balaban J connectivity index is 4.10. The molecule has 0 amide bonds. The average Bonchev–Trinajstić information content (AvgIpc) is 2.10. The molecule has 0 aromatic rings. The van der Waals surface area contributed by atoms with Gasteiger partial charge in [0.1, 0.15) is 0 Å². The van der Waals surface area contributed by atoms with Crippen molar-refractivity contribution < 1.29 is 22.5 Å². The van der Waals surface area contributed by atoms with Crippen LogP contribution >= 0.6 is 10.7 Å².